The van der Waals surface area contributed by atoms with Gasteiger partial charge in [-0.25, -0.2) is 0 Å². The van der Waals surface area contributed by atoms with Gasteiger partial charge in [-0.3, -0.25) is 25.2 Å². The van der Waals surface area contributed by atoms with Crippen LogP contribution in [0, 0.1) is 0 Å². The fourth-order valence-corrected chi connectivity index (χ4v) is 3.04. The molecule has 0 saturated heterocycles. The van der Waals surface area contributed by atoms with E-state index in [1.165, 1.54) is 4.90 Å². The molecule has 0 aliphatic carbocycles. The van der Waals surface area contributed by atoms with E-state index in [0.717, 1.165) is 0 Å². The van der Waals surface area contributed by atoms with Crippen LogP contribution in [0.1, 0.15) is 6.42 Å². The number of rotatable bonds is 4. The zero-order chi connectivity index (χ0) is 20.2. The number of carbonyl (C=O) groups is 3. The predicted molar refractivity (Wildman–Crippen MR) is 102 cm³/mol. The molecule has 2 aromatic carbocycles. The molecule has 0 spiro atoms. The van der Waals surface area contributed by atoms with E-state index < -0.39 is 17.9 Å². The van der Waals surface area contributed by atoms with Crippen molar-refractivity contribution in [3.63, 3.8) is 0 Å². The highest BCUT2D eigenvalue weighted by Gasteiger charge is 2.28. The Labute approximate surface area is 166 Å². The van der Waals surface area contributed by atoms with Crippen LogP contribution in [0.15, 0.2) is 48.5 Å². The Morgan fingerprint density at radius 3 is 2.52 bits per heavy atom. The van der Waals surface area contributed by atoms with E-state index in [-0.39, 0.29) is 32.1 Å². The average Bonchev–Trinajstić information content (AvgIpc) is 2.76. The van der Waals surface area contributed by atoms with Crippen LogP contribution in [0.25, 0.3) is 0 Å². The molecule has 29 heavy (non-hydrogen) atoms. The lowest BCUT2D eigenvalue weighted by Gasteiger charge is -2.29. The number of hydrogen-bond acceptors (Lipinski definition) is 6. The van der Waals surface area contributed by atoms with Gasteiger partial charge in [-0.1, -0.05) is 24.3 Å². The first-order valence-corrected chi connectivity index (χ1v) is 9.11. The number of anilines is 1. The third kappa shape index (κ3) is 4.08. The molecule has 9 heteroatoms. The minimum absolute atomic E-state index is 0.00517. The highest BCUT2D eigenvalue weighted by molar-refractivity contribution is 5.98. The largest absolute Gasteiger partial charge is 0.485 e. The Bertz CT molecular complexity index is 947. The molecule has 0 saturated carbocycles. The number of carbonyl (C=O) groups excluding carboxylic acids is 3. The fourth-order valence-electron chi connectivity index (χ4n) is 3.04. The van der Waals surface area contributed by atoms with Gasteiger partial charge >= 0.3 is 0 Å². The van der Waals surface area contributed by atoms with Crippen molar-refractivity contribution >= 4 is 23.4 Å². The summed E-state index contributed by atoms with van der Waals surface area (Å²) in [5, 5.41) is 0. The van der Waals surface area contributed by atoms with Gasteiger partial charge in [0.2, 0.25) is 12.0 Å². The number of amides is 3. The third-order valence-electron chi connectivity index (χ3n) is 4.50. The zero-order valence-corrected chi connectivity index (χ0v) is 15.4. The van der Waals surface area contributed by atoms with E-state index in [1.54, 1.807) is 42.5 Å². The molecule has 0 radical (unpaired) electrons. The van der Waals surface area contributed by atoms with Crippen molar-refractivity contribution in [2.24, 2.45) is 0 Å². The van der Waals surface area contributed by atoms with Gasteiger partial charge in [-0.05, 0) is 24.3 Å². The second-order valence-electron chi connectivity index (χ2n) is 6.45. The molecule has 2 N–H and O–H groups in total. The van der Waals surface area contributed by atoms with Gasteiger partial charge in [-0.15, -0.1) is 0 Å². The summed E-state index contributed by atoms with van der Waals surface area (Å²) >= 11 is 0. The Morgan fingerprint density at radius 1 is 0.966 bits per heavy atom. The summed E-state index contributed by atoms with van der Waals surface area (Å²) in [5.74, 6) is 0.432. The van der Waals surface area contributed by atoms with Crippen molar-refractivity contribution < 1.29 is 28.6 Å². The number of nitrogens with one attached hydrogen (secondary N) is 2. The molecule has 2 aromatic rings. The standard InChI is InChI=1S/C20H19N3O6/c24-18(9-10-23-13-5-1-2-6-14(13)28-12-19(23)25)21-22-20(26)17-11-27-15-7-3-4-8-16(15)29-17/h1-8,17H,9-12H2,(H,21,24)(H,22,26). The van der Waals surface area contributed by atoms with Gasteiger partial charge in [0.1, 0.15) is 12.4 Å². The summed E-state index contributed by atoms with van der Waals surface area (Å²) in [6.07, 6.45) is -0.872. The number of fused-ring (bicyclic) bond motifs is 2. The molecule has 2 heterocycles. The highest BCUT2D eigenvalue weighted by atomic mass is 16.6. The van der Waals surface area contributed by atoms with Gasteiger partial charge in [-0.2, -0.15) is 0 Å². The molecule has 4 rings (SSSR count). The molecular formula is C20H19N3O6. The van der Waals surface area contributed by atoms with E-state index in [0.29, 0.717) is 22.9 Å². The topological polar surface area (TPSA) is 106 Å². The van der Waals surface area contributed by atoms with Crippen LogP contribution in [0.4, 0.5) is 5.69 Å². The zero-order valence-electron chi connectivity index (χ0n) is 15.4. The maximum absolute atomic E-state index is 12.2. The molecular weight excluding hydrogens is 378 g/mol. The second kappa shape index (κ2) is 8.09. The quantitative estimate of drug-likeness (QED) is 0.739. The van der Waals surface area contributed by atoms with E-state index in [1.807, 2.05) is 6.07 Å². The lowest BCUT2D eigenvalue weighted by Crippen LogP contribution is -2.51. The molecule has 3 amide bonds. The Balaban J connectivity index is 1.27. The predicted octanol–water partition coefficient (Wildman–Crippen LogP) is 0.790. The summed E-state index contributed by atoms with van der Waals surface area (Å²) in [4.78, 5) is 38.0. The Kier molecular flexibility index (Phi) is 5.19. The molecule has 2 aliphatic heterocycles. The summed E-state index contributed by atoms with van der Waals surface area (Å²) in [6, 6.07) is 14.1. The summed E-state index contributed by atoms with van der Waals surface area (Å²) < 4.78 is 16.4. The monoisotopic (exact) mass is 397 g/mol. The van der Waals surface area contributed by atoms with Crippen LogP contribution >= 0.6 is 0 Å². The lowest BCUT2D eigenvalue weighted by molar-refractivity contribution is -0.135. The Morgan fingerprint density at radius 2 is 1.69 bits per heavy atom. The van der Waals surface area contributed by atoms with E-state index in [4.69, 9.17) is 14.2 Å². The first-order valence-electron chi connectivity index (χ1n) is 9.11. The van der Waals surface area contributed by atoms with Crippen molar-refractivity contribution in [1.82, 2.24) is 10.9 Å². The molecule has 1 atom stereocenters. The molecule has 1 unspecified atom stereocenters. The van der Waals surface area contributed by atoms with Gasteiger partial charge in [0.25, 0.3) is 11.8 Å². The number of hydrazine groups is 1. The minimum Gasteiger partial charge on any atom is -0.485 e. The molecule has 150 valence electrons. The van der Waals surface area contributed by atoms with Crippen LogP contribution in [0.2, 0.25) is 0 Å². The molecule has 0 fully saturated rings. The van der Waals surface area contributed by atoms with Crippen molar-refractivity contribution in [2.45, 2.75) is 12.5 Å². The first-order chi connectivity index (χ1) is 14.1. The van der Waals surface area contributed by atoms with Crippen molar-refractivity contribution in [3.8, 4) is 17.2 Å². The summed E-state index contributed by atoms with van der Waals surface area (Å²) in [5.41, 5.74) is 5.29. The van der Waals surface area contributed by atoms with Crippen LogP contribution in [0.5, 0.6) is 17.2 Å². The van der Waals surface area contributed by atoms with Crippen molar-refractivity contribution in [1.29, 1.82) is 0 Å². The summed E-state index contributed by atoms with van der Waals surface area (Å²) in [7, 11) is 0. The maximum Gasteiger partial charge on any atom is 0.283 e. The van der Waals surface area contributed by atoms with Crippen molar-refractivity contribution in [3.05, 3.63) is 48.5 Å². The van der Waals surface area contributed by atoms with Gasteiger partial charge in [0.15, 0.2) is 18.1 Å². The molecule has 2 aliphatic rings. The van der Waals surface area contributed by atoms with E-state index in [9.17, 15) is 14.4 Å². The lowest BCUT2D eigenvalue weighted by atomic mass is 10.2. The number of ether oxygens (including phenoxy) is 3. The number of benzene rings is 2. The van der Waals surface area contributed by atoms with Crippen molar-refractivity contribution in [2.75, 3.05) is 24.7 Å². The summed E-state index contributed by atoms with van der Waals surface area (Å²) in [6.45, 7) is 0.130. The SMILES string of the molecule is O=C(CCN1C(=O)COc2ccccc21)NNC(=O)C1COc2ccccc2O1. The normalized spacial score (nSPS) is 17.0. The number of para-hydroxylation sites is 4. The second-order valence-corrected chi connectivity index (χ2v) is 6.45. The highest BCUT2D eigenvalue weighted by Crippen LogP contribution is 2.32. The molecule has 9 nitrogen and oxygen atoms in total. The van der Waals surface area contributed by atoms with Gasteiger partial charge in [0, 0.05) is 13.0 Å². The smallest absolute Gasteiger partial charge is 0.283 e. The molecule has 0 bridgehead atoms. The van der Waals surface area contributed by atoms with Crippen LogP contribution in [-0.4, -0.2) is 43.6 Å². The molecule has 0 aromatic heterocycles. The van der Waals surface area contributed by atoms with Crippen LogP contribution in [-0.2, 0) is 14.4 Å². The van der Waals surface area contributed by atoms with Crippen LogP contribution < -0.4 is 30.0 Å². The Hall–Kier alpha value is -3.75. The van der Waals surface area contributed by atoms with E-state index >= 15 is 0 Å². The fraction of sp³-hybridized carbons (Fsp3) is 0.250. The van der Waals surface area contributed by atoms with Gasteiger partial charge < -0.3 is 19.1 Å². The first kappa shape index (κ1) is 18.6. The average molecular weight is 397 g/mol. The number of nitrogens with zero attached hydrogens (tertiary/aromatic N) is 1. The third-order valence-corrected chi connectivity index (χ3v) is 4.50. The van der Waals surface area contributed by atoms with E-state index in [2.05, 4.69) is 10.9 Å². The maximum atomic E-state index is 12.2. The minimum atomic E-state index is -0.877. The van der Waals surface area contributed by atoms with Gasteiger partial charge in [0.05, 0.1) is 5.69 Å². The number of hydrogen-bond donors (Lipinski definition) is 2. The van der Waals surface area contributed by atoms with Crippen LogP contribution in [0.3, 0.4) is 0 Å².